The van der Waals surface area contributed by atoms with Crippen molar-refractivity contribution in [1.82, 2.24) is 14.5 Å². The van der Waals surface area contributed by atoms with Crippen LogP contribution in [0.25, 0.3) is 0 Å². The van der Waals surface area contributed by atoms with E-state index < -0.39 is 10.0 Å². The average Bonchev–Trinajstić information content (AvgIpc) is 2.98. The van der Waals surface area contributed by atoms with E-state index in [1.807, 2.05) is 6.92 Å². The zero-order valence-electron chi connectivity index (χ0n) is 9.80. The largest absolute Gasteiger partial charge is 0.377 e. The molecule has 96 valence electrons. The molecule has 1 N–H and O–H groups in total. The number of rotatable bonds is 5. The number of aromatic amines is 1. The van der Waals surface area contributed by atoms with Crippen LogP contribution in [-0.2, 0) is 14.8 Å². The van der Waals surface area contributed by atoms with Crippen LogP contribution in [0.5, 0.6) is 0 Å². The zero-order chi connectivity index (χ0) is 12.3. The van der Waals surface area contributed by atoms with Crippen molar-refractivity contribution in [1.29, 1.82) is 0 Å². The molecule has 1 unspecified atom stereocenters. The number of hydrogen-bond acceptors (Lipinski definition) is 4. The Hall–Kier alpha value is -0.920. The second-order valence-electron chi connectivity index (χ2n) is 4.02. The van der Waals surface area contributed by atoms with E-state index in [9.17, 15) is 8.42 Å². The Labute approximate surface area is 101 Å². The molecule has 1 aromatic heterocycles. The van der Waals surface area contributed by atoms with Gasteiger partial charge >= 0.3 is 0 Å². The van der Waals surface area contributed by atoms with E-state index in [-0.39, 0.29) is 11.0 Å². The Morgan fingerprint density at radius 3 is 3.00 bits per heavy atom. The molecule has 1 aromatic rings. The number of aromatic nitrogens is 2. The first-order valence-electron chi connectivity index (χ1n) is 5.75. The maximum atomic E-state index is 12.2. The molecule has 1 fully saturated rings. The highest BCUT2D eigenvalue weighted by atomic mass is 32.2. The van der Waals surface area contributed by atoms with E-state index in [0.29, 0.717) is 13.1 Å². The highest BCUT2D eigenvalue weighted by Gasteiger charge is 2.28. The molecule has 0 saturated carbocycles. The van der Waals surface area contributed by atoms with Crippen LogP contribution in [0.1, 0.15) is 19.8 Å². The Morgan fingerprint density at radius 1 is 1.65 bits per heavy atom. The Morgan fingerprint density at radius 2 is 2.47 bits per heavy atom. The molecule has 1 aliphatic heterocycles. The molecule has 1 aliphatic rings. The van der Waals surface area contributed by atoms with E-state index in [0.717, 1.165) is 19.4 Å². The lowest BCUT2D eigenvalue weighted by atomic mass is 10.2. The predicted octanol–water partition coefficient (Wildman–Crippen LogP) is 0.599. The van der Waals surface area contributed by atoms with Crippen LogP contribution in [0.2, 0.25) is 0 Å². The summed E-state index contributed by atoms with van der Waals surface area (Å²) < 4.78 is 31.4. The minimum absolute atomic E-state index is 0.0247. The third-order valence-corrected chi connectivity index (χ3v) is 4.80. The second-order valence-corrected chi connectivity index (χ2v) is 5.96. The van der Waals surface area contributed by atoms with Crippen molar-refractivity contribution in [3.63, 3.8) is 0 Å². The van der Waals surface area contributed by atoms with Crippen LogP contribution in [0.15, 0.2) is 17.3 Å². The van der Waals surface area contributed by atoms with Gasteiger partial charge in [0.25, 0.3) is 0 Å². The van der Waals surface area contributed by atoms with Crippen molar-refractivity contribution >= 4 is 10.0 Å². The molecule has 1 saturated heterocycles. The lowest BCUT2D eigenvalue weighted by Gasteiger charge is -2.22. The molecule has 0 aromatic carbocycles. The van der Waals surface area contributed by atoms with Gasteiger partial charge in [0.15, 0.2) is 0 Å². The second kappa shape index (κ2) is 5.16. The summed E-state index contributed by atoms with van der Waals surface area (Å²) >= 11 is 0. The van der Waals surface area contributed by atoms with Gasteiger partial charge in [0.2, 0.25) is 10.0 Å². The lowest BCUT2D eigenvalue weighted by Crippen LogP contribution is -2.37. The quantitative estimate of drug-likeness (QED) is 0.840. The monoisotopic (exact) mass is 259 g/mol. The van der Waals surface area contributed by atoms with Gasteiger partial charge in [-0.2, -0.15) is 9.40 Å². The van der Waals surface area contributed by atoms with Crippen LogP contribution in [-0.4, -0.2) is 48.7 Å². The Balaban J connectivity index is 2.12. The summed E-state index contributed by atoms with van der Waals surface area (Å²) in [6.07, 6.45) is 4.68. The molecule has 6 nitrogen and oxygen atoms in total. The van der Waals surface area contributed by atoms with E-state index in [4.69, 9.17) is 4.74 Å². The number of nitrogens with one attached hydrogen (secondary N) is 1. The zero-order valence-corrected chi connectivity index (χ0v) is 10.6. The van der Waals surface area contributed by atoms with Gasteiger partial charge in [0.1, 0.15) is 4.90 Å². The van der Waals surface area contributed by atoms with Crippen LogP contribution in [0.4, 0.5) is 0 Å². The number of H-pyrrole nitrogens is 1. The lowest BCUT2D eigenvalue weighted by molar-refractivity contribution is 0.0947. The average molecular weight is 259 g/mol. The number of hydrogen-bond donors (Lipinski definition) is 1. The highest BCUT2D eigenvalue weighted by Crippen LogP contribution is 2.18. The van der Waals surface area contributed by atoms with E-state index in [1.54, 1.807) is 0 Å². The number of ether oxygens (including phenoxy) is 1. The van der Waals surface area contributed by atoms with Crippen molar-refractivity contribution in [2.75, 3.05) is 19.7 Å². The molecule has 7 heteroatoms. The summed E-state index contributed by atoms with van der Waals surface area (Å²) in [7, 11) is -3.44. The fourth-order valence-corrected chi connectivity index (χ4v) is 3.33. The van der Waals surface area contributed by atoms with Gasteiger partial charge in [-0.1, -0.05) is 6.92 Å². The van der Waals surface area contributed by atoms with E-state index in [1.165, 1.54) is 16.7 Å². The van der Waals surface area contributed by atoms with Gasteiger partial charge in [-0.25, -0.2) is 8.42 Å². The summed E-state index contributed by atoms with van der Waals surface area (Å²) in [6, 6.07) is 0. The molecular formula is C10H17N3O3S. The van der Waals surface area contributed by atoms with Crippen molar-refractivity contribution in [3.8, 4) is 0 Å². The molecule has 17 heavy (non-hydrogen) atoms. The SMILES string of the molecule is CCN(CC1CCCO1)S(=O)(=O)c1cn[nH]c1. The summed E-state index contributed by atoms with van der Waals surface area (Å²) in [6.45, 7) is 3.41. The molecule has 0 aliphatic carbocycles. The molecule has 1 atom stereocenters. The normalized spacial score (nSPS) is 21.2. The van der Waals surface area contributed by atoms with Gasteiger partial charge in [0.05, 0.1) is 12.3 Å². The fourth-order valence-electron chi connectivity index (χ4n) is 1.94. The first-order chi connectivity index (χ1) is 8.14. The molecule has 2 rings (SSSR count). The topological polar surface area (TPSA) is 75.3 Å². The van der Waals surface area contributed by atoms with Crippen molar-refractivity contribution < 1.29 is 13.2 Å². The smallest absolute Gasteiger partial charge is 0.246 e. The third-order valence-electron chi connectivity index (χ3n) is 2.89. The number of likely N-dealkylation sites (N-methyl/N-ethyl adjacent to an activating group) is 1. The Kier molecular flexibility index (Phi) is 3.80. The molecule has 0 radical (unpaired) electrons. The minimum atomic E-state index is -3.44. The molecular weight excluding hydrogens is 242 g/mol. The van der Waals surface area contributed by atoms with Gasteiger partial charge < -0.3 is 4.74 Å². The van der Waals surface area contributed by atoms with Crippen LogP contribution >= 0.6 is 0 Å². The molecule has 0 bridgehead atoms. The standard InChI is InChI=1S/C10H17N3O3S/c1-2-13(8-9-4-3-5-16-9)17(14,15)10-6-11-12-7-10/h6-7,9H,2-5,8H2,1H3,(H,11,12). The van der Waals surface area contributed by atoms with Gasteiger partial charge in [0, 0.05) is 25.9 Å². The summed E-state index contributed by atoms with van der Waals surface area (Å²) in [5.41, 5.74) is 0. The van der Waals surface area contributed by atoms with Crippen molar-refractivity contribution in [2.45, 2.75) is 30.8 Å². The van der Waals surface area contributed by atoms with Crippen LogP contribution in [0.3, 0.4) is 0 Å². The van der Waals surface area contributed by atoms with Crippen molar-refractivity contribution in [2.24, 2.45) is 0 Å². The van der Waals surface area contributed by atoms with Crippen LogP contribution < -0.4 is 0 Å². The molecule has 0 amide bonds. The van der Waals surface area contributed by atoms with Gasteiger partial charge in [-0.15, -0.1) is 0 Å². The van der Waals surface area contributed by atoms with E-state index >= 15 is 0 Å². The fraction of sp³-hybridized carbons (Fsp3) is 0.700. The van der Waals surface area contributed by atoms with Crippen molar-refractivity contribution in [3.05, 3.63) is 12.4 Å². The summed E-state index contributed by atoms with van der Waals surface area (Å²) in [5.74, 6) is 0. The minimum Gasteiger partial charge on any atom is -0.377 e. The van der Waals surface area contributed by atoms with Gasteiger partial charge in [-0.05, 0) is 12.8 Å². The first kappa shape index (κ1) is 12.5. The number of sulfonamides is 1. The Bertz CT molecular complexity index is 437. The summed E-state index contributed by atoms with van der Waals surface area (Å²) in [4.78, 5) is 0.206. The highest BCUT2D eigenvalue weighted by molar-refractivity contribution is 7.89. The molecule has 2 heterocycles. The third kappa shape index (κ3) is 2.67. The number of nitrogens with zero attached hydrogens (tertiary/aromatic N) is 2. The first-order valence-corrected chi connectivity index (χ1v) is 7.19. The molecule has 0 spiro atoms. The maximum Gasteiger partial charge on any atom is 0.246 e. The van der Waals surface area contributed by atoms with E-state index in [2.05, 4.69) is 10.2 Å². The maximum absolute atomic E-state index is 12.2. The van der Waals surface area contributed by atoms with Gasteiger partial charge in [-0.3, -0.25) is 5.10 Å². The summed E-state index contributed by atoms with van der Waals surface area (Å²) in [5, 5.41) is 6.20. The van der Waals surface area contributed by atoms with Crippen LogP contribution in [0, 0.1) is 0 Å². The predicted molar refractivity (Wildman–Crippen MR) is 62.0 cm³/mol.